The van der Waals surface area contributed by atoms with Crippen molar-refractivity contribution in [2.75, 3.05) is 26.3 Å². The first-order valence-electron chi connectivity index (χ1n) is 9.72. The van der Waals surface area contributed by atoms with E-state index in [0.29, 0.717) is 31.8 Å². The van der Waals surface area contributed by atoms with Crippen LogP contribution in [0.15, 0.2) is 18.2 Å². The van der Waals surface area contributed by atoms with Crippen LogP contribution in [0.25, 0.3) is 0 Å². The molecule has 4 rings (SSSR count). The Labute approximate surface area is 149 Å². The minimum atomic E-state index is 0.177. The molecule has 5 nitrogen and oxygen atoms in total. The third-order valence-corrected chi connectivity index (χ3v) is 5.63. The van der Waals surface area contributed by atoms with Gasteiger partial charge in [-0.2, -0.15) is 0 Å². The van der Waals surface area contributed by atoms with Crippen LogP contribution in [0.3, 0.4) is 0 Å². The topological polar surface area (TPSA) is 50.8 Å². The molecule has 2 fully saturated rings. The van der Waals surface area contributed by atoms with Crippen LogP contribution < -0.4 is 14.8 Å². The van der Waals surface area contributed by atoms with E-state index in [2.05, 4.69) is 22.3 Å². The predicted molar refractivity (Wildman–Crippen MR) is 96.0 cm³/mol. The largest absolute Gasteiger partial charge is 0.486 e. The van der Waals surface area contributed by atoms with E-state index >= 15 is 0 Å². The monoisotopic (exact) mass is 344 g/mol. The Morgan fingerprint density at radius 3 is 2.68 bits per heavy atom. The van der Waals surface area contributed by atoms with Crippen LogP contribution in [0, 0.1) is 0 Å². The maximum atomic E-state index is 12.5. The second-order valence-corrected chi connectivity index (χ2v) is 7.43. The van der Waals surface area contributed by atoms with E-state index in [4.69, 9.17) is 9.47 Å². The highest BCUT2D eigenvalue weighted by molar-refractivity contribution is 5.78. The van der Waals surface area contributed by atoms with Crippen LogP contribution in [-0.4, -0.2) is 43.2 Å². The molecule has 0 unspecified atom stereocenters. The first-order valence-corrected chi connectivity index (χ1v) is 9.72. The fraction of sp³-hybridized carbons (Fsp3) is 0.650. The van der Waals surface area contributed by atoms with Gasteiger partial charge in [0, 0.05) is 12.1 Å². The van der Waals surface area contributed by atoms with Crippen LogP contribution in [0.4, 0.5) is 0 Å². The second-order valence-electron chi connectivity index (χ2n) is 7.43. The maximum Gasteiger partial charge on any atom is 0.234 e. The fourth-order valence-corrected chi connectivity index (χ4v) is 4.36. The van der Waals surface area contributed by atoms with Crippen molar-refractivity contribution in [1.82, 2.24) is 10.2 Å². The van der Waals surface area contributed by atoms with Gasteiger partial charge < -0.3 is 14.8 Å². The number of amides is 1. The number of hydrogen-bond donors (Lipinski definition) is 1. The van der Waals surface area contributed by atoms with Crippen molar-refractivity contribution in [3.05, 3.63) is 23.8 Å². The fourth-order valence-electron chi connectivity index (χ4n) is 4.36. The minimum Gasteiger partial charge on any atom is -0.486 e. The number of nitrogens with one attached hydrogen (secondary N) is 1. The van der Waals surface area contributed by atoms with Crippen LogP contribution in [0.1, 0.15) is 56.6 Å². The molecule has 1 N–H and O–H groups in total. The molecular weight excluding hydrogens is 316 g/mol. The molecule has 136 valence electrons. The van der Waals surface area contributed by atoms with Crippen molar-refractivity contribution < 1.29 is 14.3 Å². The number of rotatable bonds is 4. The Kier molecular flexibility index (Phi) is 5.11. The molecular formula is C20H28N2O3. The number of benzene rings is 1. The summed E-state index contributed by atoms with van der Waals surface area (Å²) in [5.41, 5.74) is 1.23. The van der Waals surface area contributed by atoms with E-state index in [1.54, 1.807) is 0 Å². The highest BCUT2D eigenvalue weighted by atomic mass is 16.6. The number of hydrogen-bond acceptors (Lipinski definition) is 4. The summed E-state index contributed by atoms with van der Waals surface area (Å²) < 4.78 is 11.3. The van der Waals surface area contributed by atoms with Crippen LogP contribution in [-0.2, 0) is 4.79 Å². The number of nitrogens with zero attached hydrogens (tertiary/aromatic N) is 1. The first-order chi connectivity index (χ1) is 12.3. The van der Waals surface area contributed by atoms with E-state index in [9.17, 15) is 4.79 Å². The lowest BCUT2D eigenvalue weighted by atomic mass is 9.95. The minimum absolute atomic E-state index is 0.177. The summed E-state index contributed by atoms with van der Waals surface area (Å²) in [4.78, 5) is 14.8. The maximum absolute atomic E-state index is 12.5. The molecule has 3 aliphatic rings. The van der Waals surface area contributed by atoms with E-state index in [0.717, 1.165) is 43.7 Å². The van der Waals surface area contributed by atoms with Gasteiger partial charge in [-0.15, -0.1) is 0 Å². The van der Waals surface area contributed by atoms with Crippen molar-refractivity contribution in [3.63, 3.8) is 0 Å². The lowest BCUT2D eigenvalue weighted by molar-refractivity contribution is -0.123. The van der Waals surface area contributed by atoms with Crippen LogP contribution in [0.2, 0.25) is 0 Å². The smallest absolute Gasteiger partial charge is 0.234 e. The third kappa shape index (κ3) is 3.92. The highest BCUT2D eigenvalue weighted by Crippen LogP contribution is 2.37. The van der Waals surface area contributed by atoms with Gasteiger partial charge in [0.25, 0.3) is 0 Å². The summed E-state index contributed by atoms with van der Waals surface area (Å²) in [6.07, 6.45) is 8.30. The molecule has 1 saturated carbocycles. The lowest BCUT2D eigenvalue weighted by Crippen LogP contribution is -2.42. The van der Waals surface area contributed by atoms with Gasteiger partial charge >= 0.3 is 0 Å². The normalized spacial score (nSPS) is 24.2. The molecule has 1 aliphatic carbocycles. The molecule has 0 radical (unpaired) electrons. The number of ether oxygens (including phenoxy) is 2. The van der Waals surface area contributed by atoms with Crippen LogP contribution in [0.5, 0.6) is 11.5 Å². The molecule has 5 heteroatoms. The summed E-state index contributed by atoms with van der Waals surface area (Å²) >= 11 is 0. The van der Waals surface area contributed by atoms with Gasteiger partial charge in [0.15, 0.2) is 11.5 Å². The Hall–Kier alpha value is -1.75. The Morgan fingerprint density at radius 2 is 1.84 bits per heavy atom. The van der Waals surface area contributed by atoms with Gasteiger partial charge in [-0.05, 0) is 49.9 Å². The molecule has 0 bridgehead atoms. The summed E-state index contributed by atoms with van der Waals surface area (Å²) in [5.74, 6) is 1.84. The zero-order valence-electron chi connectivity index (χ0n) is 14.8. The van der Waals surface area contributed by atoms with Gasteiger partial charge in [-0.1, -0.05) is 25.3 Å². The number of carbonyl (C=O) groups is 1. The standard InChI is InChI=1S/C20H28N2O3/c23-20(21-16-5-2-1-3-6-16)14-22-10-4-7-17(22)15-8-9-18-19(13-15)25-12-11-24-18/h8-9,13,16-17H,1-7,10-12,14H2,(H,21,23)/t17-/m0/s1. The second kappa shape index (κ2) is 7.65. The molecule has 1 amide bonds. The Morgan fingerprint density at radius 1 is 1.04 bits per heavy atom. The molecule has 1 aromatic rings. The van der Waals surface area contributed by atoms with Crippen molar-refractivity contribution in [3.8, 4) is 11.5 Å². The third-order valence-electron chi connectivity index (χ3n) is 5.63. The van der Waals surface area contributed by atoms with E-state index < -0.39 is 0 Å². The van der Waals surface area contributed by atoms with E-state index in [-0.39, 0.29) is 5.91 Å². The van der Waals surface area contributed by atoms with E-state index in [1.165, 1.54) is 24.8 Å². The quantitative estimate of drug-likeness (QED) is 0.912. The molecule has 1 saturated heterocycles. The molecule has 0 spiro atoms. The van der Waals surface area contributed by atoms with Gasteiger partial charge in [-0.3, -0.25) is 9.69 Å². The van der Waals surface area contributed by atoms with Crippen LogP contribution >= 0.6 is 0 Å². The number of carbonyl (C=O) groups excluding carboxylic acids is 1. The zero-order chi connectivity index (χ0) is 17.1. The summed E-state index contributed by atoms with van der Waals surface area (Å²) in [7, 11) is 0. The number of fused-ring (bicyclic) bond motifs is 1. The summed E-state index contributed by atoms with van der Waals surface area (Å²) in [6.45, 7) is 2.70. The van der Waals surface area contributed by atoms with Crippen molar-refractivity contribution in [2.24, 2.45) is 0 Å². The molecule has 0 aromatic heterocycles. The predicted octanol–water partition coefficient (Wildman–Crippen LogP) is 3.04. The van der Waals surface area contributed by atoms with Crippen molar-refractivity contribution in [2.45, 2.75) is 57.0 Å². The van der Waals surface area contributed by atoms with Crippen molar-refractivity contribution in [1.29, 1.82) is 0 Å². The van der Waals surface area contributed by atoms with Gasteiger partial charge in [0.2, 0.25) is 5.91 Å². The average molecular weight is 344 g/mol. The lowest BCUT2D eigenvalue weighted by Gasteiger charge is -2.28. The molecule has 1 atom stereocenters. The Balaban J connectivity index is 1.39. The molecule has 2 heterocycles. The Bertz CT molecular complexity index is 613. The summed E-state index contributed by atoms with van der Waals surface area (Å²) in [6, 6.07) is 6.90. The molecule has 25 heavy (non-hydrogen) atoms. The molecule has 1 aromatic carbocycles. The SMILES string of the molecule is O=C(CN1CCC[C@H]1c1ccc2c(c1)OCCO2)NC1CCCCC1. The zero-order valence-corrected chi connectivity index (χ0v) is 14.8. The molecule has 2 aliphatic heterocycles. The summed E-state index contributed by atoms with van der Waals surface area (Å²) in [5, 5.41) is 3.24. The van der Waals surface area contributed by atoms with Gasteiger partial charge in [0.1, 0.15) is 13.2 Å². The number of likely N-dealkylation sites (tertiary alicyclic amines) is 1. The van der Waals surface area contributed by atoms with Crippen molar-refractivity contribution >= 4 is 5.91 Å². The van der Waals surface area contributed by atoms with Gasteiger partial charge in [-0.25, -0.2) is 0 Å². The van der Waals surface area contributed by atoms with Gasteiger partial charge in [0.05, 0.1) is 6.54 Å². The van der Waals surface area contributed by atoms with E-state index in [1.807, 2.05) is 6.07 Å². The average Bonchev–Trinajstić information content (AvgIpc) is 3.10. The first kappa shape index (κ1) is 16.7. The highest BCUT2D eigenvalue weighted by Gasteiger charge is 2.29.